The molecule has 0 aliphatic heterocycles. The first-order chi connectivity index (χ1) is 10.0. The molecule has 0 fully saturated rings. The summed E-state index contributed by atoms with van der Waals surface area (Å²) in [5, 5.41) is 2.90. The lowest BCUT2D eigenvalue weighted by Crippen LogP contribution is -2.24. The maximum absolute atomic E-state index is 13.6. The Labute approximate surface area is 134 Å². The molecule has 0 spiro atoms. The van der Waals surface area contributed by atoms with Gasteiger partial charge in [-0.3, -0.25) is 4.79 Å². The fourth-order valence-corrected chi connectivity index (χ4v) is 2.30. The Bertz CT molecular complexity index is 679. The predicted molar refractivity (Wildman–Crippen MR) is 81.6 cm³/mol. The number of carbonyl (C=O) groups is 1. The lowest BCUT2D eigenvalue weighted by molar-refractivity contribution is 0.0946. The van der Waals surface area contributed by atoms with Crippen molar-refractivity contribution in [1.82, 2.24) is 5.32 Å². The van der Waals surface area contributed by atoms with Crippen molar-refractivity contribution < 1.29 is 13.6 Å². The van der Waals surface area contributed by atoms with Crippen LogP contribution in [0.5, 0.6) is 0 Å². The first-order valence-corrected chi connectivity index (χ1v) is 7.57. The summed E-state index contributed by atoms with van der Waals surface area (Å²) in [6, 6.07) is 9.13. The van der Waals surface area contributed by atoms with Crippen LogP contribution in [0.3, 0.4) is 0 Å². The summed E-state index contributed by atoms with van der Waals surface area (Å²) in [7, 11) is 0. The normalized spacial score (nSPS) is 10.5. The van der Waals surface area contributed by atoms with E-state index in [0.717, 1.165) is 23.3 Å². The fraction of sp³-hybridized carbons (Fsp3) is 0.133. The smallest absolute Gasteiger partial charge is 0.254 e. The predicted octanol–water partition coefficient (Wildman–Crippen LogP) is 4.44. The topological polar surface area (TPSA) is 29.1 Å². The zero-order valence-electron chi connectivity index (χ0n) is 10.8. The molecule has 6 heteroatoms. The van der Waals surface area contributed by atoms with E-state index >= 15 is 0 Å². The number of halogens is 4. The Morgan fingerprint density at radius 3 is 2.57 bits per heavy atom. The molecule has 0 atom stereocenters. The average Bonchev–Trinajstić information content (AvgIpc) is 2.48. The van der Waals surface area contributed by atoms with Gasteiger partial charge in [-0.15, -0.1) is 0 Å². The van der Waals surface area contributed by atoms with Crippen molar-refractivity contribution in [2.75, 3.05) is 0 Å². The van der Waals surface area contributed by atoms with Crippen LogP contribution >= 0.6 is 27.5 Å². The molecule has 0 aromatic heterocycles. The Kier molecular flexibility index (Phi) is 5.31. The highest BCUT2D eigenvalue weighted by molar-refractivity contribution is 9.08. The van der Waals surface area contributed by atoms with Crippen LogP contribution < -0.4 is 5.32 Å². The van der Waals surface area contributed by atoms with Gasteiger partial charge in [-0.2, -0.15) is 0 Å². The second-order valence-corrected chi connectivity index (χ2v) is 5.35. The summed E-state index contributed by atoms with van der Waals surface area (Å²) in [6.45, 7) is 0.226. The van der Waals surface area contributed by atoms with Crippen molar-refractivity contribution in [3.63, 3.8) is 0 Å². The molecule has 2 rings (SSSR count). The second-order valence-electron chi connectivity index (χ2n) is 4.38. The van der Waals surface area contributed by atoms with Crippen molar-refractivity contribution in [2.45, 2.75) is 11.9 Å². The third-order valence-corrected chi connectivity index (χ3v) is 3.79. The summed E-state index contributed by atoms with van der Waals surface area (Å²) in [6.07, 6.45) is 0. The van der Waals surface area contributed by atoms with Gasteiger partial charge in [0.25, 0.3) is 5.91 Å². The van der Waals surface area contributed by atoms with Gasteiger partial charge in [0.15, 0.2) is 0 Å². The number of rotatable bonds is 4. The molecule has 0 saturated carbocycles. The minimum atomic E-state index is -0.854. The highest BCUT2D eigenvalue weighted by atomic mass is 79.9. The Hall–Kier alpha value is -1.46. The Balaban J connectivity index is 2.10. The van der Waals surface area contributed by atoms with Crippen LogP contribution in [0.2, 0.25) is 5.02 Å². The minimum Gasteiger partial charge on any atom is -0.348 e. The molecular weight excluding hydrogens is 364 g/mol. The quantitative estimate of drug-likeness (QED) is 0.622. The van der Waals surface area contributed by atoms with E-state index in [2.05, 4.69) is 21.2 Å². The van der Waals surface area contributed by atoms with Crippen LogP contribution in [-0.4, -0.2) is 5.91 Å². The van der Waals surface area contributed by atoms with Gasteiger partial charge in [0.05, 0.1) is 10.6 Å². The van der Waals surface area contributed by atoms with Gasteiger partial charge in [0.1, 0.15) is 11.6 Å². The van der Waals surface area contributed by atoms with Crippen molar-refractivity contribution in [3.05, 3.63) is 69.7 Å². The van der Waals surface area contributed by atoms with E-state index < -0.39 is 17.5 Å². The van der Waals surface area contributed by atoms with E-state index in [4.69, 9.17) is 11.6 Å². The summed E-state index contributed by atoms with van der Waals surface area (Å²) in [4.78, 5) is 11.9. The van der Waals surface area contributed by atoms with E-state index in [0.29, 0.717) is 5.33 Å². The summed E-state index contributed by atoms with van der Waals surface area (Å²) in [5.41, 5.74) is 1.56. The van der Waals surface area contributed by atoms with Gasteiger partial charge < -0.3 is 5.32 Å². The molecule has 2 nitrogen and oxygen atoms in total. The molecule has 2 aromatic rings. The van der Waals surface area contributed by atoms with Crippen molar-refractivity contribution in [2.24, 2.45) is 0 Å². The lowest BCUT2D eigenvalue weighted by Gasteiger charge is -2.08. The highest BCUT2D eigenvalue weighted by Crippen LogP contribution is 2.19. The van der Waals surface area contributed by atoms with Gasteiger partial charge in [0.2, 0.25) is 0 Å². The SMILES string of the molecule is O=C(NCc1cccc(CBr)c1)c1cc(F)c(Cl)cc1F. The van der Waals surface area contributed by atoms with Crippen molar-refractivity contribution in [3.8, 4) is 0 Å². The molecule has 0 aliphatic carbocycles. The molecule has 1 amide bonds. The zero-order chi connectivity index (χ0) is 15.4. The molecule has 1 N–H and O–H groups in total. The van der Waals surface area contributed by atoms with Gasteiger partial charge in [0, 0.05) is 11.9 Å². The number of amides is 1. The second kappa shape index (κ2) is 7.00. The molecular formula is C15H11BrClF2NO. The monoisotopic (exact) mass is 373 g/mol. The van der Waals surface area contributed by atoms with E-state index in [-0.39, 0.29) is 17.1 Å². The maximum Gasteiger partial charge on any atom is 0.254 e. The first-order valence-electron chi connectivity index (χ1n) is 6.08. The standard InChI is InChI=1S/C15H11BrClF2NO/c16-7-9-2-1-3-10(4-9)8-20-15(21)11-5-14(19)12(17)6-13(11)18/h1-6H,7-8H2,(H,20,21). The summed E-state index contributed by atoms with van der Waals surface area (Å²) >= 11 is 8.79. The third kappa shape index (κ3) is 4.02. The van der Waals surface area contributed by atoms with Crippen molar-refractivity contribution in [1.29, 1.82) is 0 Å². The van der Waals surface area contributed by atoms with Crippen LogP contribution in [0, 0.1) is 11.6 Å². The average molecular weight is 375 g/mol. The number of hydrogen-bond donors (Lipinski definition) is 1. The maximum atomic E-state index is 13.6. The van der Waals surface area contributed by atoms with E-state index in [9.17, 15) is 13.6 Å². The van der Waals surface area contributed by atoms with E-state index in [1.807, 2.05) is 24.3 Å². The summed E-state index contributed by atoms with van der Waals surface area (Å²) in [5.74, 6) is -2.37. The largest absolute Gasteiger partial charge is 0.348 e. The van der Waals surface area contributed by atoms with Crippen LogP contribution in [-0.2, 0) is 11.9 Å². The van der Waals surface area contributed by atoms with Gasteiger partial charge in [-0.25, -0.2) is 8.78 Å². The molecule has 0 radical (unpaired) electrons. The highest BCUT2D eigenvalue weighted by Gasteiger charge is 2.15. The zero-order valence-corrected chi connectivity index (χ0v) is 13.1. The number of nitrogens with one attached hydrogen (secondary N) is 1. The lowest BCUT2D eigenvalue weighted by atomic mass is 10.1. The Morgan fingerprint density at radius 2 is 1.86 bits per heavy atom. The van der Waals surface area contributed by atoms with Crippen LogP contribution in [0.1, 0.15) is 21.5 Å². The van der Waals surface area contributed by atoms with Gasteiger partial charge in [-0.05, 0) is 23.3 Å². The molecule has 0 unspecified atom stereocenters. The van der Waals surface area contributed by atoms with Crippen LogP contribution in [0.15, 0.2) is 36.4 Å². The number of benzene rings is 2. The molecule has 110 valence electrons. The van der Waals surface area contributed by atoms with Crippen molar-refractivity contribution >= 4 is 33.4 Å². The van der Waals surface area contributed by atoms with Crippen LogP contribution in [0.25, 0.3) is 0 Å². The molecule has 2 aromatic carbocycles. The molecule has 0 aliphatic rings. The number of hydrogen-bond acceptors (Lipinski definition) is 1. The van der Waals surface area contributed by atoms with Gasteiger partial charge in [-0.1, -0.05) is 51.8 Å². The van der Waals surface area contributed by atoms with Crippen LogP contribution in [0.4, 0.5) is 8.78 Å². The fourth-order valence-electron chi connectivity index (χ4n) is 1.80. The minimum absolute atomic E-state index is 0.226. The molecule has 0 saturated heterocycles. The molecule has 0 heterocycles. The van der Waals surface area contributed by atoms with Gasteiger partial charge >= 0.3 is 0 Å². The summed E-state index contributed by atoms with van der Waals surface area (Å²) < 4.78 is 26.9. The Morgan fingerprint density at radius 1 is 1.14 bits per heavy atom. The van der Waals surface area contributed by atoms with E-state index in [1.165, 1.54) is 0 Å². The van der Waals surface area contributed by atoms with E-state index in [1.54, 1.807) is 0 Å². The molecule has 0 bridgehead atoms. The number of carbonyl (C=O) groups excluding carboxylic acids is 1. The third-order valence-electron chi connectivity index (χ3n) is 2.85. The first kappa shape index (κ1) is 15.9. The number of alkyl halides is 1. The molecule has 21 heavy (non-hydrogen) atoms.